The molecular formula is C9H8ClFN2O2. The normalized spacial score (nSPS) is 11.5. The van der Waals surface area contributed by atoms with E-state index in [0.717, 1.165) is 12.1 Å². The number of rotatable bonds is 3. The molecule has 0 spiro atoms. The van der Waals surface area contributed by atoms with Gasteiger partial charge in [-0.2, -0.15) is 0 Å². The molecule has 15 heavy (non-hydrogen) atoms. The third-order valence-electron chi connectivity index (χ3n) is 1.59. The summed E-state index contributed by atoms with van der Waals surface area (Å²) in [5.41, 5.74) is 5.18. The number of nitrogens with zero attached hydrogens (tertiary/aromatic N) is 1. The predicted octanol–water partition coefficient (Wildman–Crippen LogP) is 1.75. The lowest BCUT2D eigenvalue weighted by Crippen LogP contribution is -2.12. The number of nitrogens with two attached hydrogens (primary N) is 1. The third-order valence-corrected chi connectivity index (χ3v) is 1.86. The van der Waals surface area contributed by atoms with Gasteiger partial charge in [0.2, 0.25) is 0 Å². The van der Waals surface area contributed by atoms with Crippen LogP contribution in [0.5, 0.6) is 0 Å². The summed E-state index contributed by atoms with van der Waals surface area (Å²) in [6.45, 7) is 0. The molecule has 0 saturated carbocycles. The predicted molar refractivity (Wildman–Crippen MR) is 55.4 cm³/mol. The van der Waals surface area contributed by atoms with E-state index in [1.165, 1.54) is 6.07 Å². The molecule has 0 heterocycles. The molecule has 1 aromatic rings. The first-order chi connectivity index (χ1) is 7.04. The van der Waals surface area contributed by atoms with Crippen molar-refractivity contribution in [2.24, 2.45) is 10.7 Å². The van der Waals surface area contributed by atoms with Crippen LogP contribution in [0.25, 0.3) is 0 Å². The Morgan fingerprint density at radius 2 is 2.27 bits per heavy atom. The Balaban J connectivity index is 3.23. The summed E-state index contributed by atoms with van der Waals surface area (Å²) in [7, 11) is 0. The number of hydrogen-bond donors (Lipinski definition) is 2. The highest BCUT2D eigenvalue weighted by Crippen LogP contribution is 2.20. The maximum absolute atomic E-state index is 12.8. The zero-order valence-corrected chi connectivity index (χ0v) is 8.33. The highest BCUT2D eigenvalue weighted by Gasteiger charge is 2.10. The van der Waals surface area contributed by atoms with Gasteiger partial charge >= 0.3 is 5.97 Å². The van der Waals surface area contributed by atoms with Crippen molar-refractivity contribution >= 4 is 29.1 Å². The van der Waals surface area contributed by atoms with Gasteiger partial charge in [0.1, 0.15) is 11.7 Å². The quantitative estimate of drug-likeness (QED) is 0.472. The molecule has 0 aliphatic carbocycles. The highest BCUT2D eigenvalue weighted by molar-refractivity contribution is 6.28. The van der Waals surface area contributed by atoms with Gasteiger partial charge in [0.15, 0.2) is 0 Å². The van der Waals surface area contributed by atoms with Gasteiger partial charge in [-0.3, -0.25) is 0 Å². The SMILES string of the molecule is NC(CCl)=Nc1ccc(F)cc1C(=O)O. The van der Waals surface area contributed by atoms with E-state index < -0.39 is 11.8 Å². The van der Waals surface area contributed by atoms with Gasteiger partial charge in [-0.25, -0.2) is 14.2 Å². The third kappa shape index (κ3) is 2.92. The lowest BCUT2D eigenvalue weighted by molar-refractivity contribution is 0.0697. The van der Waals surface area contributed by atoms with Crippen LogP contribution in [0.15, 0.2) is 23.2 Å². The van der Waals surface area contributed by atoms with Crippen LogP contribution < -0.4 is 5.73 Å². The van der Waals surface area contributed by atoms with E-state index in [-0.39, 0.29) is 23.0 Å². The van der Waals surface area contributed by atoms with E-state index in [0.29, 0.717) is 0 Å². The van der Waals surface area contributed by atoms with Crippen LogP contribution in [-0.4, -0.2) is 22.8 Å². The Labute approximate surface area is 90.2 Å². The summed E-state index contributed by atoms with van der Waals surface area (Å²) >= 11 is 5.39. The number of benzene rings is 1. The molecular weight excluding hydrogens is 223 g/mol. The van der Waals surface area contributed by atoms with Crippen molar-refractivity contribution in [2.75, 3.05) is 5.88 Å². The van der Waals surface area contributed by atoms with Crippen LogP contribution in [0.2, 0.25) is 0 Å². The van der Waals surface area contributed by atoms with E-state index in [1.54, 1.807) is 0 Å². The van der Waals surface area contributed by atoms with Gasteiger partial charge in [0.05, 0.1) is 17.1 Å². The van der Waals surface area contributed by atoms with Crippen molar-refractivity contribution in [3.63, 3.8) is 0 Å². The number of halogens is 2. The Morgan fingerprint density at radius 1 is 1.60 bits per heavy atom. The monoisotopic (exact) mass is 230 g/mol. The molecule has 0 fully saturated rings. The minimum Gasteiger partial charge on any atom is -0.478 e. The number of alkyl halides is 1. The Hall–Kier alpha value is -1.62. The lowest BCUT2D eigenvalue weighted by atomic mass is 10.2. The van der Waals surface area contributed by atoms with E-state index in [4.69, 9.17) is 22.4 Å². The van der Waals surface area contributed by atoms with Gasteiger partial charge < -0.3 is 10.8 Å². The summed E-state index contributed by atoms with van der Waals surface area (Å²) < 4.78 is 12.8. The Bertz CT molecular complexity index is 421. The van der Waals surface area contributed by atoms with Crippen molar-refractivity contribution < 1.29 is 14.3 Å². The molecule has 0 radical (unpaired) electrons. The van der Waals surface area contributed by atoms with E-state index in [9.17, 15) is 9.18 Å². The fraction of sp³-hybridized carbons (Fsp3) is 0.111. The largest absolute Gasteiger partial charge is 0.478 e. The maximum atomic E-state index is 12.8. The molecule has 0 atom stereocenters. The summed E-state index contributed by atoms with van der Waals surface area (Å²) in [6.07, 6.45) is 0. The minimum absolute atomic E-state index is 0.0174. The molecule has 0 bridgehead atoms. The van der Waals surface area contributed by atoms with Crippen LogP contribution in [0.1, 0.15) is 10.4 Å². The average molecular weight is 231 g/mol. The zero-order valence-electron chi connectivity index (χ0n) is 7.58. The van der Waals surface area contributed by atoms with E-state index in [1.807, 2.05) is 0 Å². The number of carboxylic acids is 1. The first kappa shape index (κ1) is 11.5. The number of hydrogen-bond acceptors (Lipinski definition) is 2. The second-order valence-electron chi connectivity index (χ2n) is 2.70. The van der Waals surface area contributed by atoms with Gasteiger partial charge in [0, 0.05) is 0 Å². The first-order valence-corrected chi connectivity index (χ1v) is 4.50. The molecule has 0 aromatic heterocycles. The standard InChI is InChI=1S/C9H8ClFN2O2/c10-4-8(12)13-7-2-1-5(11)3-6(7)9(14)15/h1-3H,4H2,(H2,12,13)(H,14,15). The maximum Gasteiger partial charge on any atom is 0.338 e. The fourth-order valence-electron chi connectivity index (χ4n) is 0.962. The number of carbonyl (C=O) groups is 1. The Kier molecular flexibility index (Phi) is 3.62. The van der Waals surface area contributed by atoms with Gasteiger partial charge in [-0.1, -0.05) is 0 Å². The molecule has 6 heteroatoms. The first-order valence-electron chi connectivity index (χ1n) is 3.96. The number of amidine groups is 1. The van der Waals surface area contributed by atoms with Crippen molar-refractivity contribution in [3.05, 3.63) is 29.6 Å². The number of aliphatic imine (C=N–C) groups is 1. The molecule has 3 N–H and O–H groups in total. The molecule has 0 aliphatic heterocycles. The summed E-state index contributed by atoms with van der Waals surface area (Å²) in [4.78, 5) is 14.5. The molecule has 0 saturated heterocycles. The molecule has 4 nitrogen and oxygen atoms in total. The molecule has 0 aliphatic rings. The smallest absolute Gasteiger partial charge is 0.338 e. The molecule has 80 valence electrons. The molecule has 1 aromatic carbocycles. The fourth-order valence-corrected chi connectivity index (χ4v) is 1.02. The average Bonchev–Trinajstić information content (AvgIpc) is 2.20. The summed E-state index contributed by atoms with van der Waals surface area (Å²) in [5, 5.41) is 8.77. The van der Waals surface area contributed by atoms with Crippen LogP contribution in [0.4, 0.5) is 10.1 Å². The molecule has 0 amide bonds. The second-order valence-corrected chi connectivity index (χ2v) is 2.97. The topological polar surface area (TPSA) is 75.7 Å². The van der Waals surface area contributed by atoms with Gasteiger partial charge in [0.25, 0.3) is 0 Å². The summed E-state index contributed by atoms with van der Waals surface area (Å²) in [5.74, 6) is -1.85. The number of aromatic carboxylic acids is 1. The highest BCUT2D eigenvalue weighted by atomic mass is 35.5. The number of carboxylic acid groups (broad SMARTS) is 1. The van der Waals surface area contributed by atoms with Crippen LogP contribution >= 0.6 is 11.6 Å². The second kappa shape index (κ2) is 4.75. The minimum atomic E-state index is -1.27. The van der Waals surface area contributed by atoms with Crippen LogP contribution in [-0.2, 0) is 0 Å². The van der Waals surface area contributed by atoms with Gasteiger partial charge in [-0.15, -0.1) is 11.6 Å². The lowest BCUT2D eigenvalue weighted by Gasteiger charge is -2.01. The van der Waals surface area contributed by atoms with Crippen LogP contribution in [0, 0.1) is 5.82 Å². The summed E-state index contributed by atoms with van der Waals surface area (Å²) in [6, 6.07) is 3.22. The van der Waals surface area contributed by atoms with Crippen molar-refractivity contribution in [1.82, 2.24) is 0 Å². The van der Waals surface area contributed by atoms with Crippen LogP contribution in [0.3, 0.4) is 0 Å². The van der Waals surface area contributed by atoms with Crippen molar-refractivity contribution in [2.45, 2.75) is 0 Å². The van der Waals surface area contributed by atoms with Crippen molar-refractivity contribution in [1.29, 1.82) is 0 Å². The van der Waals surface area contributed by atoms with E-state index in [2.05, 4.69) is 4.99 Å². The van der Waals surface area contributed by atoms with Crippen molar-refractivity contribution in [3.8, 4) is 0 Å². The zero-order chi connectivity index (χ0) is 11.4. The molecule has 1 rings (SSSR count). The van der Waals surface area contributed by atoms with E-state index >= 15 is 0 Å². The Morgan fingerprint density at radius 3 is 2.80 bits per heavy atom. The van der Waals surface area contributed by atoms with Gasteiger partial charge in [-0.05, 0) is 18.2 Å². The molecule has 0 unspecified atom stereocenters.